The largest absolute Gasteiger partial charge is 0.359 e. The van der Waals surface area contributed by atoms with Gasteiger partial charge in [-0.15, -0.1) is 0 Å². The molecule has 1 aliphatic rings. The molecule has 0 atom stereocenters. The summed E-state index contributed by atoms with van der Waals surface area (Å²) in [6.07, 6.45) is 6.00. The van der Waals surface area contributed by atoms with E-state index in [2.05, 4.69) is 5.32 Å². The van der Waals surface area contributed by atoms with Crippen LogP contribution >= 0.6 is 0 Å². The van der Waals surface area contributed by atoms with E-state index in [0.29, 0.717) is 0 Å². The number of rotatable bonds is 1. The molecule has 0 aliphatic heterocycles. The normalized spacial score (nSPS) is 14.5. The van der Waals surface area contributed by atoms with Crippen molar-refractivity contribution in [3.05, 3.63) is 0 Å². The molecule has 66 valence electrons. The highest BCUT2D eigenvalue weighted by molar-refractivity contribution is 5.77. The average molecular weight is 157 g/mol. The van der Waals surface area contributed by atoms with Crippen molar-refractivity contribution in [2.75, 3.05) is 7.05 Å². The van der Waals surface area contributed by atoms with Gasteiger partial charge in [0.15, 0.2) is 0 Å². The van der Waals surface area contributed by atoms with Crippen LogP contribution in [0.3, 0.4) is 0 Å². The Morgan fingerprint density at radius 2 is 1.55 bits per heavy atom. The minimum atomic E-state index is 0.0972. The van der Waals surface area contributed by atoms with E-state index >= 15 is 0 Å². The topological polar surface area (TPSA) is 29.1 Å². The first kappa shape index (κ1) is 10.5. The van der Waals surface area contributed by atoms with Gasteiger partial charge in [-0.1, -0.05) is 39.5 Å². The van der Waals surface area contributed by atoms with Crippen molar-refractivity contribution in [1.29, 1.82) is 0 Å². The van der Waals surface area contributed by atoms with Crippen molar-refractivity contribution in [2.45, 2.75) is 39.5 Å². The van der Waals surface area contributed by atoms with E-state index < -0.39 is 0 Å². The van der Waals surface area contributed by atoms with E-state index in [9.17, 15) is 4.79 Å². The molecule has 0 saturated heterocycles. The highest BCUT2D eigenvalue weighted by Crippen LogP contribution is 2.15. The zero-order valence-corrected chi connectivity index (χ0v) is 7.81. The van der Waals surface area contributed by atoms with Gasteiger partial charge >= 0.3 is 0 Å². The fourth-order valence-corrected chi connectivity index (χ4v) is 0.539. The maximum Gasteiger partial charge on any atom is 0.222 e. The number of amides is 1. The number of nitrogens with one attached hydrogen (secondary N) is 1. The third-order valence-corrected chi connectivity index (χ3v) is 1.77. The Morgan fingerprint density at radius 1 is 1.18 bits per heavy atom. The molecule has 0 aromatic carbocycles. The molecule has 0 spiro atoms. The minimum Gasteiger partial charge on any atom is -0.359 e. The maximum atomic E-state index is 10.4. The van der Waals surface area contributed by atoms with Crippen LogP contribution in [0.2, 0.25) is 0 Å². The van der Waals surface area contributed by atoms with Gasteiger partial charge in [-0.2, -0.15) is 0 Å². The number of hydrogen-bond donors (Lipinski definition) is 1. The second-order valence-corrected chi connectivity index (χ2v) is 3.18. The van der Waals surface area contributed by atoms with Crippen molar-refractivity contribution in [3.63, 3.8) is 0 Å². The highest BCUT2D eigenvalue weighted by atomic mass is 16.1. The number of carbonyl (C=O) groups excluding carboxylic acids is 1. The SMILES string of the molecule is C1CCC1.CNC(=O)C(C)C. The van der Waals surface area contributed by atoms with Gasteiger partial charge in [0.1, 0.15) is 0 Å². The van der Waals surface area contributed by atoms with Crippen molar-refractivity contribution in [2.24, 2.45) is 5.92 Å². The lowest BCUT2D eigenvalue weighted by molar-refractivity contribution is -0.123. The molecule has 0 aromatic rings. The molecule has 1 rings (SSSR count). The molecule has 1 N–H and O–H groups in total. The van der Waals surface area contributed by atoms with Crippen LogP contribution in [0.15, 0.2) is 0 Å². The summed E-state index contributed by atoms with van der Waals surface area (Å²) in [5.41, 5.74) is 0. The van der Waals surface area contributed by atoms with Gasteiger partial charge in [0.25, 0.3) is 0 Å². The highest BCUT2D eigenvalue weighted by Gasteiger charge is 2.00. The second-order valence-electron chi connectivity index (χ2n) is 3.18. The molecule has 2 nitrogen and oxygen atoms in total. The molecule has 0 aromatic heterocycles. The third-order valence-electron chi connectivity index (χ3n) is 1.77. The first-order valence-electron chi connectivity index (χ1n) is 4.40. The van der Waals surface area contributed by atoms with E-state index in [0.717, 1.165) is 0 Å². The third kappa shape index (κ3) is 5.89. The van der Waals surface area contributed by atoms with Gasteiger partial charge in [0.05, 0.1) is 0 Å². The minimum absolute atomic E-state index is 0.0972. The Bertz CT molecular complexity index is 102. The fraction of sp³-hybridized carbons (Fsp3) is 0.889. The summed E-state index contributed by atoms with van der Waals surface area (Å²) >= 11 is 0. The van der Waals surface area contributed by atoms with Crippen molar-refractivity contribution in [3.8, 4) is 0 Å². The number of carbonyl (C=O) groups is 1. The standard InChI is InChI=1S/C5H11NO.C4H8/c1-4(2)5(7)6-3;1-2-4-3-1/h4H,1-3H3,(H,6,7);1-4H2. The van der Waals surface area contributed by atoms with Gasteiger partial charge in [-0.3, -0.25) is 4.79 Å². The Morgan fingerprint density at radius 3 is 1.55 bits per heavy atom. The quantitative estimate of drug-likeness (QED) is 0.619. The van der Waals surface area contributed by atoms with Gasteiger partial charge in [-0.25, -0.2) is 0 Å². The van der Waals surface area contributed by atoms with Crippen LogP contribution in [-0.4, -0.2) is 13.0 Å². The average Bonchev–Trinajstić information content (AvgIpc) is 1.82. The second kappa shape index (κ2) is 6.20. The van der Waals surface area contributed by atoms with Crippen molar-refractivity contribution < 1.29 is 4.79 Å². The zero-order chi connectivity index (χ0) is 8.69. The zero-order valence-electron chi connectivity index (χ0n) is 7.81. The van der Waals surface area contributed by atoms with Crippen LogP contribution in [0.25, 0.3) is 0 Å². The van der Waals surface area contributed by atoms with Gasteiger partial charge in [0, 0.05) is 13.0 Å². The molecule has 2 heteroatoms. The predicted octanol–water partition coefficient (Wildman–Crippen LogP) is 1.95. The predicted molar refractivity (Wildman–Crippen MR) is 47.4 cm³/mol. The molecular formula is C9H19NO. The Balaban J connectivity index is 0.000000207. The summed E-state index contributed by atoms with van der Waals surface area (Å²) in [5.74, 6) is 0.213. The lowest BCUT2D eigenvalue weighted by atomic mass is 10.0. The van der Waals surface area contributed by atoms with Gasteiger partial charge < -0.3 is 5.32 Å². The summed E-state index contributed by atoms with van der Waals surface area (Å²) in [6.45, 7) is 3.72. The first-order valence-corrected chi connectivity index (χ1v) is 4.40. The summed E-state index contributed by atoms with van der Waals surface area (Å²) in [6, 6.07) is 0. The van der Waals surface area contributed by atoms with Crippen LogP contribution in [0.1, 0.15) is 39.5 Å². The smallest absolute Gasteiger partial charge is 0.222 e. The van der Waals surface area contributed by atoms with Crippen molar-refractivity contribution in [1.82, 2.24) is 5.32 Å². The molecule has 1 amide bonds. The Labute approximate surface area is 69.4 Å². The fourth-order valence-electron chi connectivity index (χ4n) is 0.539. The van der Waals surface area contributed by atoms with E-state index in [1.165, 1.54) is 25.7 Å². The van der Waals surface area contributed by atoms with Gasteiger partial charge in [-0.05, 0) is 0 Å². The van der Waals surface area contributed by atoms with E-state index in [1.54, 1.807) is 7.05 Å². The summed E-state index contributed by atoms with van der Waals surface area (Å²) in [7, 11) is 1.64. The first-order chi connectivity index (χ1) is 5.18. The number of hydrogen-bond acceptors (Lipinski definition) is 1. The van der Waals surface area contributed by atoms with Gasteiger partial charge in [0.2, 0.25) is 5.91 Å². The molecule has 0 radical (unpaired) electrons. The van der Waals surface area contributed by atoms with Crippen LogP contribution in [0, 0.1) is 5.92 Å². The Kier molecular flexibility index (Phi) is 5.90. The van der Waals surface area contributed by atoms with Crippen molar-refractivity contribution >= 4 is 5.91 Å². The van der Waals surface area contributed by atoms with Crippen LogP contribution in [0.5, 0.6) is 0 Å². The lowest BCUT2D eigenvalue weighted by Gasteiger charge is -2.05. The molecule has 11 heavy (non-hydrogen) atoms. The molecular weight excluding hydrogens is 138 g/mol. The maximum absolute atomic E-state index is 10.4. The van der Waals surface area contributed by atoms with Crippen LogP contribution < -0.4 is 5.32 Å². The lowest BCUT2D eigenvalue weighted by Crippen LogP contribution is -2.22. The molecule has 1 saturated carbocycles. The van der Waals surface area contributed by atoms with E-state index in [1.807, 2.05) is 13.8 Å². The summed E-state index contributed by atoms with van der Waals surface area (Å²) < 4.78 is 0. The monoisotopic (exact) mass is 157 g/mol. The summed E-state index contributed by atoms with van der Waals surface area (Å²) in [5, 5.41) is 2.53. The molecule has 1 aliphatic carbocycles. The summed E-state index contributed by atoms with van der Waals surface area (Å²) in [4.78, 5) is 10.4. The molecule has 0 unspecified atom stereocenters. The van der Waals surface area contributed by atoms with Crippen LogP contribution in [0.4, 0.5) is 0 Å². The van der Waals surface area contributed by atoms with Crippen LogP contribution in [-0.2, 0) is 4.79 Å². The Hall–Kier alpha value is -0.530. The molecule has 1 fully saturated rings. The molecule has 0 bridgehead atoms. The molecule has 0 heterocycles. The van der Waals surface area contributed by atoms with E-state index in [4.69, 9.17) is 0 Å². The van der Waals surface area contributed by atoms with E-state index in [-0.39, 0.29) is 11.8 Å².